The first-order chi connectivity index (χ1) is 9.65. The second-order valence-electron chi connectivity index (χ2n) is 5.24. The van der Waals surface area contributed by atoms with Crippen LogP contribution in [-0.2, 0) is 0 Å². The van der Waals surface area contributed by atoms with Crippen LogP contribution in [-0.4, -0.2) is 46.7 Å². The molecule has 3 rings (SSSR count). The molecule has 3 heterocycles. The summed E-state index contributed by atoms with van der Waals surface area (Å²) in [7, 11) is 2.08. The number of aromatic nitrogens is 3. The van der Waals surface area contributed by atoms with E-state index in [0.29, 0.717) is 5.89 Å². The van der Waals surface area contributed by atoms with Gasteiger partial charge in [-0.05, 0) is 33.0 Å². The van der Waals surface area contributed by atoms with Crippen LogP contribution in [0, 0.1) is 13.8 Å². The maximum Gasteiger partial charge on any atom is 0.259 e. The van der Waals surface area contributed by atoms with Crippen LogP contribution in [0.2, 0.25) is 0 Å². The summed E-state index contributed by atoms with van der Waals surface area (Å²) in [5, 5.41) is 7.49. The Bertz CT molecular complexity index is 609. The van der Waals surface area contributed by atoms with Gasteiger partial charge in [0.2, 0.25) is 0 Å². The van der Waals surface area contributed by atoms with E-state index < -0.39 is 0 Å². The van der Waals surface area contributed by atoms with Crippen molar-refractivity contribution in [3.63, 3.8) is 0 Å². The van der Waals surface area contributed by atoms with Gasteiger partial charge in [0.05, 0.1) is 17.3 Å². The maximum atomic E-state index is 5.42. The number of hydrogen-bond acceptors (Lipinski definition) is 6. The van der Waals surface area contributed by atoms with Gasteiger partial charge in [0.25, 0.3) is 5.89 Å². The number of nitrogens with one attached hydrogen (secondary N) is 1. The van der Waals surface area contributed by atoms with Gasteiger partial charge in [-0.15, -0.1) is 0 Å². The quantitative estimate of drug-likeness (QED) is 0.890. The maximum absolute atomic E-state index is 5.42. The van der Waals surface area contributed by atoms with Crippen molar-refractivity contribution >= 4 is 0 Å². The molecule has 0 radical (unpaired) electrons. The highest BCUT2D eigenvalue weighted by Crippen LogP contribution is 2.24. The molecule has 1 atom stereocenters. The first-order valence-electron chi connectivity index (χ1n) is 6.84. The lowest BCUT2D eigenvalue weighted by Crippen LogP contribution is -2.44. The van der Waals surface area contributed by atoms with Crippen molar-refractivity contribution in [3.8, 4) is 11.5 Å². The molecule has 2 aromatic heterocycles. The Morgan fingerprint density at radius 2 is 2.15 bits per heavy atom. The lowest BCUT2D eigenvalue weighted by Gasteiger charge is -2.30. The van der Waals surface area contributed by atoms with E-state index in [9.17, 15) is 0 Å². The third-order valence-corrected chi connectivity index (χ3v) is 3.71. The average Bonchev–Trinajstić information content (AvgIpc) is 2.88. The van der Waals surface area contributed by atoms with E-state index in [2.05, 4.69) is 32.4 Å². The first kappa shape index (κ1) is 13.2. The molecule has 0 amide bonds. The summed E-state index contributed by atoms with van der Waals surface area (Å²) >= 11 is 0. The molecule has 0 saturated carbocycles. The largest absolute Gasteiger partial charge is 0.334 e. The van der Waals surface area contributed by atoms with Crippen molar-refractivity contribution in [1.29, 1.82) is 0 Å². The Morgan fingerprint density at radius 1 is 1.30 bits per heavy atom. The van der Waals surface area contributed by atoms with Crippen molar-refractivity contribution in [2.24, 2.45) is 0 Å². The fraction of sp³-hybridized carbons (Fsp3) is 0.500. The molecular formula is C14H19N5O. The van der Waals surface area contributed by atoms with E-state index in [-0.39, 0.29) is 6.04 Å². The van der Waals surface area contributed by atoms with Crippen molar-refractivity contribution in [1.82, 2.24) is 25.3 Å². The Kier molecular flexibility index (Phi) is 3.50. The zero-order valence-electron chi connectivity index (χ0n) is 12.1. The van der Waals surface area contributed by atoms with Gasteiger partial charge < -0.3 is 9.84 Å². The molecule has 0 bridgehead atoms. The van der Waals surface area contributed by atoms with E-state index in [1.165, 1.54) is 0 Å². The summed E-state index contributed by atoms with van der Waals surface area (Å²) in [6, 6.07) is 4.11. The van der Waals surface area contributed by atoms with Crippen LogP contribution >= 0.6 is 0 Å². The van der Waals surface area contributed by atoms with Crippen LogP contribution in [0.4, 0.5) is 0 Å². The zero-order valence-corrected chi connectivity index (χ0v) is 12.1. The van der Waals surface area contributed by atoms with E-state index in [1.54, 1.807) is 0 Å². The highest BCUT2D eigenvalue weighted by Gasteiger charge is 2.25. The van der Waals surface area contributed by atoms with Gasteiger partial charge in [-0.2, -0.15) is 4.98 Å². The summed E-state index contributed by atoms with van der Waals surface area (Å²) in [5.74, 6) is 1.28. The smallest absolute Gasteiger partial charge is 0.259 e. The summed E-state index contributed by atoms with van der Waals surface area (Å²) in [6.07, 6.45) is 0. The van der Waals surface area contributed by atoms with E-state index >= 15 is 0 Å². The molecule has 1 unspecified atom stereocenters. The molecule has 6 heteroatoms. The summed E-state index contributed by atoms with van der Waals surface area (Å²) in [4.78, 5) is 11.2. The normalized spacial score (nSPS) is 20.2. The lowest BCUT2D eigenvalue weighted by molar-refractivity contribution is 0.190. The van der Waals surface area contributed by atoms with Gasteiger partial charge in [-0.3, -0.25) is 9.88 Å². The molecule has 0 aliphatic carbocycles. The number of aryl methyl sites for hydroxylation is 2. The van der Waals surface area contributed by atoms with Gasteiger partial charge in [-0.1, -0.05) is 5.16 Å². The Morgan fingerprint density at radius 3 is 2.90 bits per heavy atom. The van der Waals surface area contributed by atoms with Gasteiger partial charge in [0, 0.05) is 25.3 Å². The average molecular weight is 273 g/mol. The molecule has 1 saturated heterocycles. The predicted octanol–water partition coefficient (Wildman–Crippen LogP) is 1.32. The van der Waals surface area contributed by atoms with Crippen molar-refractivity contribution in [2.75, 3.05) is 26.7 Å². The molecule has 0 aromatic carbocycles. The third-order valence-electron chi connectivity index (χ3n) is 3.71. The summed E-state index contributed by atoms with van der Waals surface area (Å²) in [5.41, 5.74) is 2.80. The molecule has 106 valence electrons. The number of piperazine rings is 1. The van der Waals surface area contributed by atoms with E-state index in [0.717, 1.165) is 42.4 Å². The number of hydrogen-bond donors (Lipinski definition) is 1. The number of pyridine rings is 1. The lowest BCUT2D eigenvalue weighted by atomic mass is 10.1. The number of likely N-dealkylation sites (N-methyl/N-ethyl adjacent to an activating group) is 1. The minimum absolute atomic E-state index is 0.167. The van der Waals surface area contributed by atoms with Gasteiger partial charge in [0.15, 0.2) is 5.82 Å². The van der Waals surface area contributed by atoms with Crippen molar-refractivity contribution in [3.05, 3.63) is 29.3 Å². The van der Waals surface area contributed by atoms with Crippen LogP contribution < -0.4 is 5.32 Å². The third kappa shape index (κ3) is 2.44. The SMILES string of the molecule is Cc1ccc(-c2nc(C3CNCCN3C)no2)c(C)n1. The summed E-state index contributed by atoms with van der Waals surface area (Å²) in [6.45, 7) is 6.76. The van der Waals surface area contributed by atoms with Crippen molar-refractivity contribution < 1.29 is 4.52 Å². The van der Waals surface area contributed by atoms with Crippen molar-refractivity contribution in [2.45, 2.75) is 19.9 Å². The second kappa shape index (κ2) is 5.30. The standard InChI is InChI=1S/C14H19N5O/c1-9-4-5-11(10(2)16-9)14-17-13(18-20-14)12-8-15-6-7-19(12)3/h4-5,12,15H,6-8H2,1-3H3. The molecular weight excluding hydrogens is 254 g/mol. The minimum Gasteiger partial charge on any atom is -0.334 e. The molecule has 2 aromatic rings. The highest BCUT2D eigenvalue weighted by atomic mass is 16.5. The molecule has 6 nitrogen and oxygen atoms in total. The topological polar surface area (TPSA) is 67.1 Å². The van der Waals surface area contributed by atoms with Crippen LogP contribution in [0.5, 0.6) is 0 Å². The monoisotopic (exact) mass is 273 g/mol. The number of rotatable bonds is 2. The highest BCUT2D eigenvalue weighted by molar-refractivity contribution is 5.55. The van der Waals surface area contributed by atoms with Crippen LogP contribution in [0.1, 0.15) is 23.3 Å². The Labute approximate surface area is 118 Å². The molecule has 1 aliphatic heterocycles. The Hall–Kier alpha value is -1.79. The molecule has 1 N–H and O–H groups in total. The van der Waals surface area contributed by atoms with Crippen LogP contribution in [0.25, 0.3) is 11.5 Å². The molecule has 20 heavy (non-hydrogen) atoms. The summed E-state index contributed by atoms with van der Waals surface area (Å²) < 4.78 is 5.42. The fourth-order valence-corrected chi connectivity index (χ4v) is 2.49. The van der Waals surface area contributed by atoms with Gasteiger partial charge in [0.1, 0.15) is 0 Å². The zero-order chi connectivity index (χ0) is 14.1. The fourth-order valence-electron chi connectivity index (χ4n) is 2.49. The van der Waals surface area contributed by atoms with Crippen LogP contribution in [0.3, 0.4) is 0 Å². The molecule has 1 fully saturated rings. The van der Waals surface area contributed by atoms with Gasteiger partial charge in [-0.25, -0.2) is 0 Å². The predicted molar refractivity (Wildman–Crippen MR) is 75.2 cm³/mol. The minimum atomic E-state index is 0.167. The molecule has 1 aliphatic rings. The Balaban J connectivity index is 1.89. The van der Waals surface area contributed by atoms with Gasteiger partial charge >= 0.3 is 0 Å². The van der Waals surface area contributed by atoms with E-state index in [4.69, 9.17) is 4.52 Å². The number of nitrogens with zero attached hydrogens (tertiary/aromatic N) is 4. The van der Waals surface area contributed by atoms with E-state index in [1.807, 2.05) is 26.0 Å². The first-order valence-corrected chi connectivity index (χ1v) is 6.84. The molecule has 0 spiro atoms. The van der Waals surface area contributed by atoms with Crippen LogP contribution in [0.15, 0.2) is 16.7 Å². The second-order valence-corrected chi connectivity index (χ2v) is 5.24.